The summed E-state index contributed by atoms with van der Waals surface area (Å²) in [4.78, 5) is 6.50. The molecule has 9 heteroatoms. The van der Waals surface area contributed by atoms with Gasteiger partial charge in [0.15, 0.2) is 0 Å². The molecule has 1 aromatic carbocycles. The first-order valence-corrected chi connectivity index (χ1v) is 11.2. The Morgan fingerprint density at radius 1 is 1.26 bits per heavy atom. The van der Waals surface area contributed by atoms with Crippen LogP contribution in [0.5, 0.6) is 5.75 Å². The van der Waals surface area contributed by atoms with Gasteiger partial charge in [-0.25, -0.2) is 4.98 Å². The maximum Gasteiger partial charge on any atom is 0.146 e. The Labute approximate surface area is 197 Å². The summed E-state index contributed by atoms with van der Waals surface area (Å²) in [7, 11) is 0. The molecule has 0 amide bonds. The Morgan fingerprint density at radius 2 is 2.12 bits per heavy atom. The van der Waals surface area contributed by atoms with Crippen LogP contribution in [-0.4, -0.2) is 49.7 Å². The van der Waals surface area contributed by atoms with E-state index in [4.69, 9.17) is 4.74 Å². The molecule has 34 heavy (non-hydrogen) atoms. The maximum atomic E-state index is 9.85. The minimum atomic E-state index is -0.389. The van der Waals surface area contributed by atoms with Crippen molar-refractivity contribution in [1.29, 1.82) is 5.26 Å². The number of nitriles is 1. The topological polar surface area (TPSA) is 124 Å². The second-order valence-corrected chi connectivity index (χ2v) is 8.66. The van der Waals surface area contributed by atoms with E-state index in [2.05, 4.69) is 31.4 Å². The highest BCUT2D eigenvalue weighted by atomic mass is 16.5. The number of aromatic amines is 1. The summed E-state index contributed by atoms with van der Waals surface area (Å²) >= 11 is 0. The Kier molecular flexibility index (Phi) is 5.59. The summed E-state index contributed by atoms with van der Waals surface area (Å²) in [5.74, 6) is 1.30. The SMILES string of the molecule is Cc1cnnc(C)c1[C@@H](C)Oc1ccc2[nH]nc(-c3cnc(N4CCC(O)C4)c(C#N)c3)c2c1. The highest BCUT2D eigenvalue weighted by Gasteiger charge is 2.24. The molecule has 9 nitrogen and oxygen atoms in total. The maximum absolute atomic E-state index is 9.85. The molecule has 4 aromatic rings. The molecule has 3 aromatic heterocycles. The number of aryl methyl sites for hydroxylation is 2. The number of pyridine rings is 1. The minimum Gasteiger partial charge on any atom is -0.486 e. The lowest BCUT2D eigenvalue weighted by Crippen LogP contribution is -2.23. The number of benzene rings is 1. The second-order valence-electron chi connectivity index (χ2n) is 8.66. The molecule has 2 N–H and O–H groups in total. The van der Waals surface area contributed by atoms with Crippen molar-refractivity contribution in [3.05, 3.63) is 59.0 Å². The number of aliphatic hydroxyl groups is 1. The van der Waals surface area contributed by atoms with Crippen LogP contribution >= 0.6 is 0 Å². The Hall–Kier alpha value is -4.03. The molecule has 0 radical (unpaired) electrons. The lowest BCUT2D eigenvalue weighted by molar-refractivity contribution is 0.198. The predicted molar refractivity (Wildman–Crippen MR) is 127 cm³/mol. The number of rotatable bonds is 5. The number of nitrogens with one attached hydrogen (secondary N) is 1. The summed E-state index contributed by atoms with van der Waals surface area (Å²) < 4.78 is 6.26. The number of aliphatic hydroxyl groups excluding tert-OH is 1. The summed E-state index contributed by atoms with van der Waals surface area (Å²) in [5.41, 5.74) is 5.65. The van der Waals surface area contributed by atoms with E-state index in [0.29, 0.717) is 42.3 Å². The molecule has 1 aliphatic heterocycles. The fourth-order valence-electron chi connectivity index (χ4n) is 4.63. The first-order chi connectivity index (χ1) is 16.4. The van der Waals surface area contributed by atoms with Gasteiger partial charge in [0, 0.05) is 35.8 Å². The third kappa shape index (κ3) is 3.93. The standard InChI is InChI=1S/C25H25N7O2/c1-14-11-28-29-15(2)23(14)16(3)34-20-4-5-22-21(9-20)24(31-30-22)18-8-17(10-26)25(27-12-18)32-7-6-19(33)13-32/h4-5,8-9,11-12,16,19,33H,6-7,13H2,1-3H3,(H,30,31)/t16-,19?/m1/s1. The molecule has 0 spiro atoms. The lowest BCUT2D eigenvalue weighted by atomic mass is 10.0. The van der Waals surface area contributed by atoms with Crippen LogP contribution in [0.25, 0.3) is 22.2 Å². The van der Waals surface area contributed by atoms with Crippen molar-refractivity contribution in [3.63, 3.8) is 0 Å². The van der Waals surface area contributed by atoms with Gasteiger partial charge in [0.25, 0.3) is 0 Å². The molecule has 0 bridgehead atoms. The van der Waals surface area contributed by atoms with Gasteiger partial charge in [-0.15, -0.1) is 0 Å². The fourth-order valence-corrected chi connectivity index (χ4v) is 4.63. The number of aromatic nitrogens is 5. The molecule has 1 saturated heterocycles. The van der Waals surface area contributed by atoms with Gasteiger partial charge in [0.1, 0.15) is 29.4 Å². The van der Waals surface area contributed by atoms with E-state index in [1.807, 2.05) is 43.9 Å². The Bertz CT molecular complexity index is 1390. The van der Waals surface area contributed by atoms with Gasteiger partial charge >= 0.3 is 0 Å². The van der Waals surface area contributed by atoms with Crippen LogP contribution in [0.1, 0.15) is 41.8 Å². The third-order valence-electron chi connectivity index (χ3n) is 6.25. The average molecular weight is 456 g/mol. The van der Waals surface area contributed by atoms with E-state index in [-0.39, 0.29) is 12.2 Å². The van der Waals surface area contributed by atoms with Gasteiger partial charge in [-0.1, -0.05) is 0 Å². The summed E-state index contributed by atoms with van der Waals surface area (Å²) in [5, 5.41) is 36.2. The van der Waals surface area contributed by atoms with Crippen LogP contribution in [0.2, 0.25) is 0 Å². The monoisotopic (exact) mass is 455 g/mol. The third-order valence-corrected chi connectivity index (χ3v) is 6.25. The van der Waals surface area contributed by atoms with Gasteiger partial charge in [-0.3, -0.25) is 5.10 Å². The van der Waals surface area contributed by atoms with Crippen LogP contribution < -0.4 is 9.64 Å². The quantitative estimate of drug-likeness (QED) is 0.468. The normalized spacial score (nSPS) is 16.6. The molecule has 4 heterocycles. The number of nitrogens with zero attached hydrogens (tertiary/aromatic N) is 6. The molecule has 1 fully saturated rings. The van der Waals surface area contributed by atoms with Crippen molar-refractivity contribution in [1.82, 2.24) is 25.4 Å². The van der Waals surface area contributed by atoms with Crippen molar-refractivity contribution >= 4 is 16.7 Å². The Balaban J connectivity index is 1.47. The highest BCUT2D eigenvalue weighted by Crippen LogP contribution is 2.33. The van der Waals surface area contributed by atoms with Crippen LogP contribution in [-0.2, 0) is 0 Å². The molecule has 1 unspecified atom stereocenters. The first kappa shape index (κ1) is 21.8. The van der Waals surface area contributed by atoms with E-state index >= 15 is 0 Å². The van der Waals surface area contributed by atoms with E-state index in [9.17, 15) is 10.4 Å². The highest BCUT2D eigenvalue weighted by molar-refractivity contribution is 5.94. The van der Waals surface area contributed by atoms with Gasteiger partial charge < -0.3 is 14.7 Å². The van der Waals surface area contributed by atoms with Gasteiger partial charge in [-0.05, 0) is 57.0 Å². The fraction of sp³-hybridized carbons (Fsp3) is 0.320. The summed E-state index contributed by atoms with van der Waals surface area (Å²) in [6.07, 6.45) is 3.55. The van der Waals surface area contributed by atoms with Crippen molar-refractivity contribution in [2.75, 3.05) is 18.0 Å². The van der Waals surface area contributed by atoms with E-state index in [1.54, 1.807) is 18.5 Å². The van der Waals surface area contributed by atoms with Gasteiger partial charge in [0.2, 0.25) is 0 Å². The number of hydrogen-bond donors (Lipinski definition) is 2. The second kappa shape index (κ2) is 8.72. The van der Waals surface area contributed by atoms with E-state index < -0.39 is 0 Å². The van der Waals surface area contributed by atoms with E-state index in [0.717, 1.165) is 33.3 Å². The molecular formula is C25H25N7O2. The van der Waals surface area contributed by atoms with Gasteiger partial charge in [0.05, 0.1) is 29.1 Å². The largest absolute Gasteiger partial charge is 0.486 e. The van der Waals surface area contributed by atoms with Crippen molar-refractivity contribution in [2.45, 2.75) is 39.4 Å². The minimum absolute atomic E-state index is 0.203. The van der Waals surface area contributed by atoms with Crippen molar-refractivity contribution < 1.29 is 9.84 Å². The number of fused-ring (bicyclic) bond motifs is 1. The number of hydrogen-bond acceptors (Lipinski definition) is 8. The number of ether oxygens (including phenoxy) is 1. The van der Waals surface area contributed by atoms with Crippen LogP contribution in [0, 0.1) is 25.2 Å². The predicted octanol–water partition coefficient (Wildman–Crippen LogP) is 3.61. The first-order valence-electron chi connectivity index (χ1n) is 11.2. The number of β-amino-alcohol motifs (C(OH)–C–C–N with tert-alkyl or cyclic N) is 1. The van der Waals surface area contributed by atoms with Crippen LogP contribution in [0.15, 0.2) is 36.7 Å². The Morgan fingerprint density at radius 3 is 2.85 bits per heavy atom. The van der Waals surface area contributed by atoms with Gasteiger partial charge in [-0.2, -0.15) is 20.6 Å². The van der Waals surface area contributed by atoms with Crippen molar-refractivity contribution in [2.24, 2.45) is 0 Å². The molecular weight excluding hydrogens is 430 g/mol. The zero-order valence-electron chi connectivity index (χ0n) is 19.3. The van der Waals surface area contributed by atoms with Crippen LogP contribution in [0.4, 0.5) is 5.82 Å². The lowest BCUT2D eigenvalue weighted by Gasteiger charge is -2.18. The van der Waals surface area contributed by atoms with E-state index in [1.165, 1.54) is 0 Å². The smallest absolute Gasteiger partial charge is 0.146 e. The molecule has 1 aliphatic rings. The van der Waals surface area contributed by atoms with Crippen molar-refractivity contribution in [3.8, 4) is 23.1 Å². The molecule has 0 aliphatic carbocycles. The zero-order valence-corrected chi connectivity index (χ0v) is 19.3. The molecule has 5 rings (SSSR count). The summed E-state index contributed by atoms with van der Waals surface area (Å²) in [6.45, 7) is 7.09. The molecule has 2 atom stereocenters. The molecule has 0 saturated carbocycles. The zero-order chi connectivity index (χ0) is 23.8. The summed E-state index contributed by atoms with van der Waals surface area (Å²) in [6, 6.07) is 9.82. The van der Waals surface area contributed by atoms with Crippen LogP contribution in [0.3, 0.4) is 0 Å². The molecule has 172 valence electrons. The average Bonchev–Trinajstić information content (AvgIpc) is 3.44. The number of anilines is 1. The number of H-pyrrole nitrogens is 1.